The summed E-state index contributed by atoms with van der Waals surface area (Å²) < 4.78 is 0. The van der Waals surface area contributed by atoms with Crippen molar-refractivity contribution in [2.45, 2.75) is 46.5 Å². The first-order valence-corrected chi connectivity index (χ1v) is 10.8. The molecular formula is C23H38ClN3O. The number of rotatable bonds is 7. The van der Waals surface area contributed by atoms with Crippen LogP contribution in [0, 0.1) is 19.8 Å². The number of hydrogen-bond acceptors (Lipinski definition) is 4. The molecule has 0 aromatic heterocycles. The number of ketones is 1. The molecule has 0 saturated carbocycles. The summed E-state index contributed by atoms with van der Waals surface area (Å²) in [7, 11) is 0. The minimum atomic E-state index is 0. The quantitative estimate of drug-likeness (QED) is 0.684. The molecule has 2 saturated heterocycles. The van der Waals surface area contributed by atoms with Crippen molar-refractivity contribution in [2.75, 3.05) is 57.3 Å². The van der Waals surface area contributed by atoms with E-state index < -0.39 is 0 Å². The first-order chi connectivity index (χ1) is 13.1. The molecule has 0 atom stereocenters. The number of piperazine rings is 1. The molecule has 28 heavy (non-hydrogen) atoms. The second-order valence-electron chi connectivity index (χ2n) is 8.45. The molecule has 0 amide bonds. The third-order valence-electron chi connectivity index (χ3n) is 6.64. The number of benzene rings is 1. The number of likely N-dealkylation sites (tertiary alicyclic amines) is 1. The van der Waals surface area contributed by atoms with Crippen LogP contribution in [0.4, 0.5) is 5.69 Å². The van der Waals surface area contributed by atoms with E-state index in [0.717, 1.165) is 32.1 Å². The Balaban J connectivity index is 0.00000280. The summed E-state index contributed by atoms with van der Waals surface area (Å²) in [6, 6.07) is 6.66. The third-order valence-corrected chi connectivity index (χ3v) is 6.64. The van der Waals surface area contributed by atoms with E-state index in [1.54, 1.807) is 0 Å². The molecule has 0 unspecified atom stereocenters. The molecule has 158 valence electrons. The van der Waals surface area contributed by atoms with E-state index in [0.29, 0.717) is 18.7 Å². The number of piperidine rings is 1. The molecule has 0 spiro atoms. The van der Waals surface area contributed by atoms with Crippen LogP contribution in [0.2, 0.25) is 0 Å². The maximum atomic E-state index is 11.6. The summed E-state index contributed by atoms with van der Waals surface area (Å²) in [5.41, 5.74) is 4.24. The Morgan fingerprint density at radius 1 is 1.00 bits per heavy atom. The van der Waals surface area contributed by atoms with Crippen LogP contribution in [-0.2, 0) is 4.79 Å². The van der Waals surface area contributed by atoms with Crippen LogP contribution in [0.3, 0.4) is 0 Å². The lowest BCUT2D eigenvalue weighted by molar-refractivity contribution is -0.120. The van der Waals surface area contributed by atoms with Gasteiger partial charge in [-0.1, -0.05) is 19.1 Å². The van der Waals surface area contributed by atoms with Crippen LogP contribution in [0.1, 0.15) is 43.7 Å². The Labute approximate surface area is 177 Å². The lowest BCUT2D eigenvalue weighted by Gasteiger charge is -2.38. The van der Waals surface area contributed by atoms with E-state index in [4.69, 9.17) is 0 Å². The van der Waals surface area contributed by atoms with Crippen molar-refractivity contribution in [1.82, 2.24) is 9.80 Å². The zero-order valence-electron chi connectivity index (χ0n) is 18.0. The zero-order valence-corrected chi connectivity index (χ0v) is 18.8. The van der Waals surface area contributed by atoms with E-state index in [1.165, 1.54) is 55.7 Å². The van der Waals surface area contributed by atoms with E-state index in [2.05, 4.69) is 46.7 Å². The maximum absolute atomic E-state index is 11.6. The van der Waals surface area contributed by atoms with Gasteiger partial charge in [0.15, 0.2) is 0 Å². The lowest BCUT2D eigenvalue weighted by atomic mass is 9.93. The van der Waals surface area contributed by atoms with Gasteiger partial charge >= 0.3 is 0 Å². The van der Waals surface area contributed by atoms with Gasteiger partial charge in [-0.05, 0) is 75.9 Å². The van der Waals surface area contributed by atoms with Gasteiger partial charge in [-0.2, -0.15) is 0 Å². The number of carbonyl (C=O) groups excluding carboxylic acids is 1. The Hall–Kier alpha value is -1.10. The number of hydrogen-bond donors (Lipinski definition) is 0. The number of nitrogens with zero attached hydrogens (tertiary/aromatic N) is 3. The highest BCUT2D eigenvalue weighted by atomic mass is 35.5. The second kappa shape index (κ2) is 11.2. The first kappa shape index (κ1) is 23.2. The maximum Gasteiger partial charge on any atom is 0.146 e. The highest BCUT2D eigenvalue weighted by Crippen LogP contribution is 2.25. The van der Waals surface area contributed by atoms with E-state index >= 15 is 0 Å². The molecule has 2 fully saturated rings. The molecule has 2 heterocycles. The van der Waals surface area contributed by atoms with Crippen LogP contribution in [-0.4, -0.2) is 67.9 Å². The summed E-state index contributed by atoms with van der Waals surface area (Å²) in [6.07, 6.45) is 4.52. The molecule has 0 radical (unpaired) electrons. The van der Waals surface area contributed by atoms with Crippen molar-refractivity contribution in [2.24, 2.45) is 5.92 Å². The van der Waals surface area contributed by atoms with Gasteiger partial charge in [-0.25, -0.2) is 0 Å². The molecular weight excluding hydrogens is 370 g/mol. The van der Waals surface area contributed by atoms with Crippen molar-refractivity contribution in [1.29, 1.82) is 0 Å². The third kappa shape index (κ3) is 6.20. The Kier molecular flexibility index (Phi) is 9.26. The summed E-state index contributed by atoms with van der Waals surface area (Å²) in [4.78, 5) is 19.2. The zero-order chi connectivity index (χ0) is 19.2. The monoisotopic (exact) mass is 407 g/mol. The summed E-state index contributed by atoms with van der Waals surface area (Å²) in [5.74, 6) is 1.23. The van der Waals surface area contributed by atoms with Crippen LogP contribution in [0.15, 0.2) is 18.2 Å². The number of Topliss-reactive ketones (excluding diaryl/α,β-unsaturated/α-hetero) is 1. The number of halogens is 1. The number of aryl methyl sites for hydroxylation is 1. The van der Waals surface area contributed by atoms with Crippen LogP contribution >= 0.6 is 12.4 Å². The Morgan fingerprint density at radius 2 is 1.68 bits per heavy atom. The summed E-state index contributed by atoms with van der Waals surface area (Å²) in [5, 5.41) is 0. The fourth-order valence-corrected chi connectivity index (χ4v) is 4.45. The molecule has 5 heteroatoms. The fourth-order valence-electron chi connectivity index (χ4n) is 4.45. The van der Waals surface area contributed by atoms with Crippen molar-refractivity contribution < 1.29 is 4.79 Å². The summed E-state index contributed by atoms with van der Waals surface area (Å²) >= 11 is 0. The van der Waals surface area contributed by atoms with E-state index in [1.807, 2.05) is 6.92 Å². The van der Waals surface area contributed by atoms with Gasteiger partial charge in [-0.15, -0.1) is 12.4 Å². The Morgan fingerprint density at radius 3 is 2.32 bits per heavy atom. The number of carbonyl (C=O) groups is 1. The van der Waals surface area contributed by atoms with Gasteiger partial charge < -0.3 is 4.90 Å². The van der Waals surface area contributed by atoms with Gasteiger partial charge in [0.25, 0.3) is 0 Å². The van der Waals surface area contributed by atoms with Crippen molar-refractivity contribution in [3.05, 3.63) is 29.3 Å². The standard InChI is InChI=1S/C23H37N3O.ClH/c1-4-22(27)18-25-12-9-21(10-13-25)8-11-24-14-16-26(17-15-24)23-7-5-6-19(2)20(23)3;/h5-7,21H,4,8-18H2,1-3H3;1H. The molecule has 2 aliphatic rings. The van der Waals surface area contributed by atoms with Gasteiger partial charge in [0.1, 0.15) is 5.78 Å². The molecule has 0 N–H and O–H groups in total. The van der Waals surface area contributed by atoms with E-state index in [-0.39, 0.29) is 12.4 Å². The Bertz CT molecular complexity index is 620. The van der Waals surface area contributed by atoms with Crippen molar-refractivity contribution in [3.8, 4) is 0 Å². The second-order valence-corrected chi connectivity index (χ2v) is 8.45. The van der Waals surface area contributed by atoms with Crippen LogP contribution in [0.25, 0.3) is 0 Å². The van der Waals surface area contributed by atoms with Gasteiger partial charge in [0.05, 0.1) is 6.54 Å². The number of anilines is 1. The molecule has 1 aromatic rings. The van der Waals surface area contributed by atoms with Gasteiger partial charge in [-0.3, -0.25) is 14.6 Å². The largest absolute Gasteiger partial charge is 0.369 e. The summed E-state index contributed by atoms with van der Waals surface area (Å²) in [6.45, 7) is 15.2. The molecule has 0 bridgehead atoms. The SMILES string of the molecule is CCC(=O)CN1CCC(CCN2CCN(c3cccc(C)c3C)CC2)CC1.Cl. The van der Waals surface area contributed by atoms with Crippen LogP contribution in [0.5, 0.6) is 0 Å². The van der Waals surface area contributed by atoms with Gasteiger partial charge in [0.2, 0.25) is 0 Å². The van der Waals surface area contributed by atoms with Crippen molar-refractivity contribution in [3.63, 3.8) is 0 Å². The molecule has 1 aromatic carbocycles. The topological polar surface area (TPSA) is 26.8 Å². The van der Waals surface area contributed by atoms with Crippen LogP contribution < -0.4 is 4.90 Å². The molecule has 3 rings (SSSR count). The van der Waals surface area contributed by atoms with Crippen molar-refractivity contribution >= 4 is 23.9 Å². The highest BCUT2D eigenvalue weighted by molar-refractivity contribution is 5.85. The average molecular weight is 408 g/mol. The minimum Gasteiger partial charge on any atom is -0.369 e. The smallest absolute Gasteiger partial charge is 0.146 e. The molecule has 4 nitrogen and oxygen atoms in total. The predicted octanol–water partition coefficient (Wildman–Crippen LogP) is 3.93. The molecule has 2 aliphatic heterocycles. The highest BCUT2D eigenvalue weighted by Gasteiger charge is 2.23. The molecule has 0 aliphatic carbocycles. The average Bonchev–Trinajstić information content (AvgIpc) is 2.70. The van der Waals surface area contributed by atoms with E-state index in [9.17, 15) is 4.79 Å². The lowest BCUT2D eigenvalue weighted by Crippen LogP contribution is -2.47. The predicted molar refractivity (Wildman–Crippen MR) is 121 cm³/mol. The normalized spacial score (nSPS) is 19.5. The minimum absolute atomic E-state index is 0. The van der Waals surface area contributed by atoms with Gasteiger partial charge in [0, 0.05) is 38.3 Å². The first-order valence-electron chi connectivity index (χ1n) is 10.8. The fraction of sp³-hybridized carbons (Fsp3) is 0.696.